The number of hydrogen-bond acceptors (Lipinski definition) is 8. The smallest absolute Gasteiger partial charge is 0.198 e. The monoisotopic (exact) mass is 363 g/mol. The SMILES string of the molecule is Cl.Nc1nnc(NCCNCCO)c2c1C(=O)c1ccccc1C2=O. The second-order valence-corrected chi connectivity index (χ2v) is 5.29. The van der Waals surface area contributed by atoms with Gasteiger partial charge in [0.1, 0.15) is 0 Å². The number of anilines is 2. The molecule has 0 aliphatic heterocycles. The number of benzene rings is 1. The fourth-order valence-electron chi connectivity index (χ4n) is 2.65. The van der Waals surface area contributed by atoms with Crippen molar-refractivity contribution >= 4 is 35.6 Å². The Hall–Kier alpha value is -2.55. The maximum absolute atomic E-state index is 12.8. The molecule has 2 aromatic rings. The summed E-state index contributed by atoms with van der Waals surface area (Å²) in [6.45, 7) is 1.52. The summed E-state index contributed by atoms with van der Waals surface area (Å²) >= 11 is 0. The Morgan fingerprint density at radius 1 is 0.960 bits per heavy atom. The molecule has 0 unspecified atom stereocenters. The van der Waals surface area contributed by atoms with E-state index in [9.17, 15) is 9.59 Å². The lowest BCUT2D eigenvalue weighted by atomic mass is 9.84. The van der Waals surface area contributed by atoms with Crippen LogP contribution in [0.5, 0.6) is 0 Å². The van der Waals surface area contributed by atoms with E-state index in [0.717, 1.165) is 0 Å². The second-order valence-electron chi connectivity index (χ2n) is 5.29. The lowest BCUT2D eigenvalue weighted by molar-refractivity contribution is 0.0979. The molecule has 1 aromatic heterocycles. The molecule has 0 radical (unpaired) electrons. The van der Waals surface area contributed by atoms with Gasteiger partial charge in [-0.25, -0.2) is 0 Å². The van der Waals surface area contributed by atoms with E-state index >= 15 is 0 Å². The van der Waals surface area contributed by atoms with E-state index in [1.54, 1.807) is 24.3 Å². The number of hydrogen-bond donors (Lipinski definition) is 4. The van der Waals surface area contributed by atoms with Gasteiger partial charge in [0, 0.05) is 30.8 Å². The van der Waals surface area contributed by atoms with Crippen LogP contribution in [0, 0.1) is 0 Å². The summed E-state index contributed by atoms with van der Waals surface area (Å²) in [5.74, 6) is -0.443. The van der Waals surface area contributed by atoms with Gasteiger partial charge in [0.2, 0.25) is 0 Å². The summed E-state index contributed by atoms with van der Waals surface area (Å²) in [6.07, 6.45) is 0. The molecule has 8 nitrogen and oxygen atoms in total. The summed E-state index contributed by atoms with van der Waals surface area (Å²) < 4.78 is 0. The average molecular weight is 364 g/mol. The summed E-state index contributed by atoms with van der Waals surface area (Å²) in [5.41, 5.74) is 6.72. The largest absolute Gasteiger partial charge is 0.395 e. The van der Waals surface area contributed by atoms with Gasteiger partial charge in [0.25, 0.3) is 0 Å². The number of aromatic nitrogens is 2. The molecule has 0 amide bonds. The van der Waals surface area contributed by atoms with Crippen LogP contribution in [0.1, 0.15) is 31.8 Å². The quantitative estimate of drug-likeness (QED) is 0.458. The third-order valence-electron chi connectivity index (χ3n) is 3.75. The van der Waals surface area contributed by atoms with Crippen molar-refractivity contribution in [3.05, 3.63) is 46.5 Å². The Balaban J connectivity index is 0.00000225. The van der Waals surface area contributed by atoms with Crippen molar-refractivity contribution in [2.24, 2.45) is 0 Å². The summed E-state index contributed by atoms with van der Waals surface area (Å²) in [6, 6.07) is 6.62. The average Bonchev–Trinajstić information content (AvgIpc) is 2.60. The minimum Gasteiger partial charge on any atom is -0.395 e. The molecule has 1 aromatic carbocycles. The van der Waals surface area contributed by atoms with E-state index in [-0.39, 0.29) is 53.3 Å². The van der Waals surface area contributed by atoms with Crippen molar-refractivity contribution in [2.75, 3.05) is 37.3 Å². The van der Waals surface area contributed by atoms with Gasteiger partial charge in [-0.15, -0.1) is 22.6 Å². The highest BCUT2D eigenvalue weighted by molar-refractivity contribution is 6.31. The van der Waals surface area contributed by atoms with Crippen molar-refractivity contribution in [2.45, 2.75) is 0 Å². The number of carbonyl (C=O) groups excluding carboxylic acids is 2. The number of nitrogens with two attached hydrogens (primary N) is 1. The first-order valence-electron chi connectivity index (χ1n) is 7.55. The van der Waals surface area contributed by atoms with Gasteiger partial charge in [-0.2, -0.15) is 0 Å². The van der Waals surface area contributed by atoms with Gasteiger partial charge in [0.05, 0.1) is 17.7 Å². The zero-order chi connectivity index (χ0) is 17.1. The normalized spacial score (nSPS) is 12.2. The van der Waals surface area contributed by atoms with E-state index in [4.69, 9.17) is 10.8 Å². The van der Waals surface area contributed by atoms with Gasteiger partial charge >= 0.3 is 0 Å². The van der Waals surface area contributed by atoms with Crippen LogP contribution in [0.2, 0.25) is 0 Å². The number of aliphatic hydroxyl groups is 1. The molecule has 1 heterocycles. The highest BCUT2D eigenvalue weighted by atomic mass is 35.5. The number of nitrogens with one attached hydrogen (secondary N) is 2. The van der Waals surface area contributed by atoms with E-state index in [1.165, 1.54) is 0 Å². The first-order valence-corrected chi connectivity index (χ1v) is 7.55. The Morgan fingerprint density at radius 2 is 1.60 bits per heavy atom. The Kier molecular flexibility index (Phi) is 6.02. The van der Waals surface area contributed by atoms with E-state index in [2.05, 4.69) is 20.8 Å². The molecular weight excluding hydrogens is 346 g/mol. The van der Waals surface area contributed by atoms with Gasteiger partial charge in [0.15, 0.2) is 23.2 Å². The highest BCUT2D eigenvalue weighted by Gasteiger charge is 2.34. The van der Waals surface area contributed by atoms with Crippen molar-refractivity contribution in [3.8, 4) is 0 Å². The Morgan fingerprint density at radius 3 is 2.24 bits per heavy atom. The van der Waals surface area contributed by atoms with Crippen molar-refractivity contribution in [1.29, 1.82) is 0 Å². The van der Waals surface area contributed by atoms with Crippen LogP contribution in [0.15, 0.2) is 24.3 Å². The number of rotatable bonds is 6. The van der Waals surface area contributed by atoms with Gasteiger partial charge < -0.3 is 21.5 Å². The molecule has 0 bridgehead atoms. The maximum atomic E-state index is 12.8. The fraction of sp³-hybridized carbons (Fsp3) is 0.250. The number of fused-ring (bicyclic) bond motifs is 2. The summed E-state index contributed by atoms with van der Waals surface area (Å²) in [4.78, 5) is 25.5. The predicted molar refractivity (Wildman–Crippen MR) is 95.4 cm³/mol. The van der Waals surface area contributed by atoms with E-state index in [0.29, 0.717) is 30.8 Å². The maximum Gasteiger partial charge on any atom is 0.198 e. The molecule has 0 spiro atoms. The van der Waals surface area contributed by atoms with Crippen LogP contribution in [0.3, 0.4) is 0 Å². The van der Waals surface area contributed by atoms with E-state index in [1.807, 2.05) is 0 Å². The lowest BCUT2D eigenvalue weighted by Gasteiger charge is -2.20. The zero-order valence-electron chi connectivity index (χ0n) is 13.3. The standard InChI is InChI=1S/C16H17N5O3.ClH/c17-15-11-12(16(21-20-15)19-6-5-18-7-8-22)14(24)10-4-2-1-3-9(10)13(11)23;/h1-4,18,22H,5-8H2,(H2,17,20)(H,19,21);1H. The Labute approximate surface area is 150 Å². The topological polar surface area (TPSA) is 130 Å². The number of aliphatic hydroxyl groups excluding tert-OH is 1. The number of ketones is 2. The fourth-order valence-corrected chi connectivity index (χ4v) is 2.65. The van der Waals surface area contributed by atoms with Crippen LogP contribution >= 0.6 is 12.4 Å². The number of halogens is 1. The molecule has 25 heavy (non-hydrogen) atoms. The third kappa shape index (κ3) is 3.46. The number of nitrogens with zero attached hydrogens (tertiary/aromatic N) is 2. The first kappa shape index (κ1) is 18.8. The number of nitrogen functional groups attached to an aromatic ring is 1. The van der Waals surface area contributed by atoms with Crippen molar-refractivity contribution < 1.29 is 14.7 Å². The minimum atomic E-state index is -0.325. The van der Waals surface area contributed by atoms with Crippen LogP contribution in [0.25, 0.3) is 0 Å². The van der Waals surface area contributed by atoms with Gasteiger partial charge in [-0.1, -0.05) is 24.3 Å². The molecule has 9 heteroatoms. The molecule has 0 atom stereocenters. The Bertz CT molecular complexity index is 812. The molecule has 0 saturated heterocycles. The van der Waals surface area contributed by atoms with E-state index < -0.39 is 0 Å². The van der Waals surface area contributed by atoms with Crippen molar-refractivity contribution in [3.63, 3.8) is 0 Å². The molecular formula is C16H18ClN5O3. The molecule has 0 fully saturated rings. The summed E-state index contributed by atoms with van der Waals surface area (Å²) in [5, 5.41) is 22.4. The van der Waals surface area contributed by atoms with Crippen LogP contribution in [0.4, 0.5) is 11.6 Å². The number of carbonyl (C=O) groups is 2. The van der Waals surface area contributed by atoms with Crippen LogP contribution in [-0.2, 0) is 0 Å². The molecule has 5 N–H and O–H groups in total. The molecule has 132 valence electrons. The van der Waals surface area contributed by atoms with Crippen LogP contribution < -0.4 is 16.4 Å². The van der Waals surface area contributed by atoms with Crippen molar-refractivity contribution in [1.82, 2.24) is 15.5 Å². The molecule has 1 aliphatic rings. The predicted octanol–water partition coefficient (Wildman–Crippen LogP) is 0.250. The third-order valence-corrected chi connectivity index (χ3v) is 3.75. The zero-order valence-corrected chi connectivity index (χ0v) is 14.1. The summed E-state index contributed by atoms with van der Waals surface area (Å²) in [7, 11) is 0. The molecule has 3 rings (SSSR count). The first-order chi connectivity index (χ1) is 11.6. The van der Waals surface area contributed by atoms with Gasteiger partial charge in [-0.3, -0.25) is 9.59 Å². The minimum absolute atomic E-state index is 0. The molecule has 1 aliphatic carbocycles. The highest BCUT2D eigenvalue weighted by Crippen LogP contribution is 2.32. The molecule has 0 saturated carbocycles. The van der Waals surface area contributed by atoms with Crippen LogP contribution in [-0.4, -0.2) is 53.1 Å². The second kappa shape index (κ2) is 8.02. The lowest BCUT2D eigenvalue weighted by Crippen LogP contribution is -2.28. The van der Waals surface area contributed by atoms with Gasteiger partial charge in [-0.05, 0) is 0 Å².